The summed E-state index contributed by atoms with van der Waals surface area (Å²) in [7, 11) is -2.04. The monoisotopic (exact) mass is 638 g/mol. The summed E-state index contributed by atoms with van der Waals surface area (Å²) in [5.74, 6) is 0. The number of fused-ring (bicyclic) bond motifs is 7. The minimum atomic E-state index is -2.04. The zero-order valence-corrected chi connectivity index (χ0v) is 28.7. The Bertz CT molecular complexity index is 2790. The Kier molecular flexibility index (Phi) is 6.13. The average Bonchev–Trinajstić information content (AvgIpc) is 3.37. The van der Waals surface area contributed by atoms with Gasteiger partial charge in [0.1, 0.15) is 8.07 Å². The summed E-state index contributed by atoms with van der Waals surface area (Å²) in [6, 6.07) is 63.7. The molecular weight excluding hydrogens is 605 g/mol. The van der Waals surface area contributed by atoms with E-state index in [1.54, 1.807) is 0 Å². The van der Waals surface area contributed by atoms with Gasteiger partial charge in [-0.2, -0.15) is 0 Å². The van der Waals surface area contributed by atoms with Crippen LogP contribution in [0.1, 0.15) is 0 Å². The standard InChI is InChI=1S/C48H34Si/c1-49(2)45-28-37(36-22-20-31-12-6-8-16-34(31)26-36)24-25-39(45)42-29-43-44(30-46(42)49)47(33-14-4-3-5-15-33)40-18-10-11-19-41(40)48(43)38-23-21-32-13-7-9-17-35(32)27-38/h3-30H,1-2H3. The van der Waals surface area contributed by atoms with Crippen molar-refractivity contribution in [3.63, 3.8) is 0 Å². The van der Waals surface area contributed by atoms with Crippen molar-refractivity contribution >= 4 is 61.5 Å². The lowest BCUT2D eigenvalue weighted by atomic mass is 9.84. The molecule has 0 aliphatic carbocycles. The average molecular weight is 639 g/mol. The first-order chi connectivity index (χ1) is 24.0. The van der Waals surface area contributed by atoms with Crippen LogP contribution < -0.4 is 10.4 Å². The highest BCUT2D eigenvalue weighted by molar-refractivity contribution is 7.04. The molecule has 0 saturated carbocycles. The molecule has 0 amide bonds. The third kappa shape index (κ3) is 4.29. The smallest absolute Gasteiger partial charge is 0.0622 e. The van der Waals surface area contributed by atoms with Gasteiger partial charge >= 0.3 is 0 Å². The Morgan fingerprint density at radius 3 is 1.49 bits per heavy atom. The van der Waals surface area contributed by atoms with Crippen LogP contribution in [-0.2, 0) is 0 Å². The van der Waals surface area contributed by atoms with Gasteiger partial charge in [0.15, 0.2) is 0 Å². The lowest BCUT2D eigenvalue weighted by molar-refractivity contribution is 1.65. The van der Waals surface area contributed by atoms with Gasteiger partial charge in [0.2, 0.25) is 0 Å². The summed E-state index contributed by atoms with van der Waals surface area (Å²) >= 11 is 0. The van der Waals surface area contributed by atoms with Gasteiger partial charge in [-0.1, -0.05) is 165 Å². The first-order valence-corrected chi connectivity index (χ1v) is 20.3. The zero-order valence-electron chi connectivity index (χ0n) is 27.7. The maximum absolute atomic E-state index is 2.59. The van der Waals surface area contributed by atoms with Crippen molar-refractivity contribution in [2.45, 2.75) is 13.1 Å². The number of hydrogen-bond acceptors (Lipinski definition) is 0. The minimum Gasteiger partial charge on any atom is -0.0622 e. The quantitative estimate of drug-likeness (QED) is 0.133. The fraction of sp³-hybridized carbons (Fsp3) is 0.0417. The maximum atomic E-state index is 2.59. The van der Waals surface area contributed by atoms with E-state index in [1.165, 1.54) is 98.0 Å². The van der Waals surface area contributed by atoms with Crippen LogP contribution in [0.4, 0.5) is 0 Å². The van der Waals surface area contributed by atoms with Crippen LogP contribution in [0.25, 0.3) is 87.6 Å². The molecule has 9 aromatic carbocycles. The van der Waals surface area contributed by atoms with Gasteiger partial charge in [0.25, 0.3) is 0 Å². The molecule has 9 aromatic rings. The van der Waals surface area contributed by atoms with Crippen LogP contribution in [-0.4, -0.2) is 8.07 Å². The van der Waals surface area contributed by atoms with E-state index in [4.69, 9.17) is 0 Å². The van der Waals surface area contributed by atoms with Crippen molar-refractivity contribution in [1.82, 2.24) is 0 Å². The molecule has 0 saturated heterocycles. The van der Waals surface area contributed by atoms with E-state index in [2.05, 4.69) is 183 Å². The molecule has 0 spiro atoms. The van der Waals surface area contributed by atoms with Gasteiger partial charge in [-0.05, 0) is 116 Å². The van der Waals surface area contributed by atoms with Gasteiger partial charge in [0, 0.05) is 0 Å². The highest BCUT2D eigenvalue weighted by atomic mass is 28.3. The van der Waals surface area contributed by atoms with Crippen LogP contribution in [0.15, 0.2) is 170 Å². The maximum Gasteiger partial charge on any atom is 0.113 e. The molecule has 0 nitrogen and oxygen atoms in total. The van der Waals surface area contributed by atoms with E-state index in [0.717, 1.165) is 0 Å². The van der Waals surface area contributed by atoms with Crippen LogP contribution >= 0.6 is 0 Å². The van der Waals surface area contributed by atoms with E-state index >= 15 is 0 Å². The van der Waals surface area contributed by atoms with E-state index < -0.39 is 8.07 Å². The van der Waals surface area contributed by atoms with E-state index in [9.17, 15) is 0 Å². The normalized spacial score (nSPS) is 13.3. The van der Waals surface area contributed by atoms with E-state index in [0.29, 0.717) is 0 Å². The second-order valence-electron chi connectivity index (χ2n) is 14.1. The second-order valence-corrected chi connectivity index (χ2v) is 18.4. The Morgan fingerprint density at radius 2 is 0.796 bits per heavy atom. The molecule has 0 fully saturated rings. The highest BCUT2D eigenvalue weighted by Gasteiger charge is 2.38. The van der Waals surface area contributed by atoms with Crippen molar-refractivity contribution in [3.8, 4) is 44.5 Å². The Labute approximate surface area is 287 Å². The second kappa shape index (κ2) is 10.6. The van der Waals surface area contributed by atoms with E-state index in [1.807, 2.05) is 0 Å². The minimum absolute atomic E-state index is 1.26. The van der Waals surface area contributed by atoms with Crippen LogP contribution in [0.5, 0.6) is 0 Å². The summed E-state index contributed by atoms with van der Waals surface area (Å²) in [4.78, 5) is 0. The number of benzene rings is 9. The summed E-state index contributed by atoms with van der Waals surface area (Å²) in [5.41, 5.74) is 10.6. The van der Waals surface area contributed by atoms with Crippen molar-refractivity contribution < 1.29 is 0 Å². The summed E-state index contributed by atoms with van der Waals surface area (Å²) < 4.78 is 0. The van der Waals surface area contributed by atoms with Crippen molar-refractivity contribution in [1.29, 1.82) is 0 Å². The van der Waals surface area contributed by atoms with Crippen molar-refractivity contribution in [2.75, 3.05) is 0 Å². The molecule has 0 atom stereocenters. The SMILES string of the molecule is C[Si]1(C)c2cc(-c3ccc4ccccc4c3)ccc2-c2cc3c(-c4ccc5ccccc5c4)c4ccccc4c(-c4ccccc4)c3cc21. The summed E-state index contributed by atoms with van der Waals surface area (Å²) in [5, 5.41) is 13.4. The van der Waals surface area contributed by atoms with Gasteiger partial charge in [0.05, 0.1) is 0 Å². The molecule has 230 valence electrons. The first kappa shape index (κ1) is 28.3. The van der Waals surface area contributed by atoms with Crippen molar-refractivity contribution in [2.24, 2.45) is 0 Å². The number of rotatable bonds is 3. The number of hydrogen-bond donors (Lipinski definition) is 0. The molecule has 0 radical (unpaired) electrons. The predicted molar refractivity (Wildman–Crippen MR) is 215 cm³/mol. The van der Waals surface area contributed by atoms with Crippen LogP contribution in [0.2, 0.25) is 13.1 Å². The van der Waals surface area contributed by atoms with E-state index in [-0.39, 0.29) is 0 Å². The summed E-state index contributed by atoms with van der Waals surface area (Å²) in [6.07, 6.45) is 0. The third-order valence-corrected chi connectivity index (χ3v) is 14.5. The Balaban J connectivity index is 1.27. The van der Waals surface area contributed by atoms with Gasteiger partial charge in [-0.3, -0.25) is 0 Å². The molecule has 0 unspecified atom stereocenters. The largest absolute Gasteiger partial charge is 0.113 e. The van der Waals surface area contributed by atoms with Crippen molar-refractivity contribution in [3.05, 3.63) is 170 Å². The van der Waals surface area contributed by atoms with Crippen LogP contribution in [0.3, 0.4) is 0 Å². The van der Waals surface area contributed by atoms with Gasteiger partial charge in [-0.15, -0.1) is 0 Å². The topological polar surface area (TPSA) is 0 Å². The molecule has 1 heterocycles. The fourth-order valence-electron chi connectivity index (χ4n) is 8.52. The molecule has 0 N–H and O–H groups in total. The highest BCUT2D eigenvalue weighted by Crippen LogP contribution is 2.46. The Morgan fingerprint density at radius 1 is 0.306 bits per heavy atom. The molecular formula is C48H34Si. The molecule has 1 aliphatic rings. The van der Waals surface area contributed by atoms with Gasteiger partial charge < -0.3 is 0 Å². The zero-order chi connectivity index (χ0) is 32.7. The molecule has 1 heteroatoms. The first-order valence-electron chi connectivity index (χ1n) is 17.3. The predicted octanol–water partition coefficient (Wildman–Crippen LogP) is 12.1. The van der Waals surface area contributed by atoms with Crippen LogP contribution in [0, 0.1) is 0 Å². The molecule has 1 aliphatic heterocycles. The summed E-state index contributed by atoms with van der Waals surface area (Å²) in [6.45, 7) is 5.09. The molecule has 49 heavy (non-hydrogen) atoms. The fourth-order valence-corrected chi connectivity index (χ4v) is 11.6. The lowest BCUT2D eigenvalue weighted by Gasteiger charge is -2.22. The van der Waals surface area contributed by atoms with Gasteiger partial charge in [-0.25, -0.2) is 0 Å². The molecule has 10 rings (SSSR count). The lowest BCUT2D eigenvalue weighted by Crippen LogP contribution is -2.49. The third-order valence-electron chi connectivity index (χ3n) is 11.0. The molecule has 0 aromatic heterocycles. The molecule has 0 bridgehead atoms. The Hall–Kier alpha value is -5.76.